The number of ether oxygens (including phenoxy) is 1. The lowest BCUT2D eigenvalue weighted by Crippen LogP contribution is -2.45. The van der Waals surface area contributed by atoms with E-state index < -0.39 is 5.41 Å². The summed E-state index contributed by atoms with van der Waals surface area (Å²) < 4.78 is 5.46. The molecule has 4 nitrogen and oxygen atoms in total. The Labute approximate surface area is 144 Å². The summed E-state index contributed by atoms with van der Waals surface area (Å²) in [5.74, 6) is 1.17. The highest BCUT2D eigenvalue weighted by Gasteiger charge is 2.43. The van der Waals surface area contributed by atoms with Crippen LogP contribution in [0, 0.1) is 12.8 Å². The zero-order valence-electron chi connectivity index (χ0n) is 14.8. The van der Waals surface area contributed by atoms with Gasteiger partial charge in [-0.05, 0) is 49.8 Å². The molecule has 1 aromatic carbocycles. The van der Waals surface area contributed by atoms with Gasteiger partial charge in [0.25, 0.3) is 0 Å². The maximum Gasteiger partial charge on any atom is 0.230 e. The number of amides is 1. The molecule has 4 heteroatoms. The largest absolute Gasteiger partial charge is 0.496 e. The molecule has 2 N–H and O–H groups in total. The van der Waals surface area contributed by atoms with Gasteiger partial charge >= 0.3 is 0 Å². The molecule has 1 amide bonds. The Morgan fingerprint density at radius 1 is 1.29 bits per heavy atom. The van der Waals surface area contributed by atoms with Gasteiger partial charge in [0.15, 0.2) is 0 Å². The van der Waals surface area contributed by atoms with Crippen molar-refractivity contribution >= 4 is 5.91 Å². The molecule has 2 aliphatic rings. The molecule has 2 fully saturated rings. The molecular weight excluding hydrogens is 302 g/mol. The molecule has 0 aromatic heterocycles. The maximum absolute atomic E-state index is 13.1. The third-order valence-corrected chi connectivity index (χ3v) is 6.00. The molecule has 0 heterocycles. The van der Waals surface area contributed by atoms with Crippen LogP contribution in [0.1, 0.15) is 56.1 Å². The average Bonchev–Trinajstić information content (AvgIpc) is 3.23. The average molecular weight is 331 g/mol. The normalized spacial score (nSPS) is 25.6. The fourth-order valence-electron chi connectivity index (χ4n) is 4.39. The highest BCUT2D eigenvalue weighted by molar-refractivity contribution is 5.88. The van der Waals surface area contributed by atoms with Crippen LogP contribution in [0.4, 0.5) is 0 Å². The Hall–Kier alpha value is -1.55. The van der Waals surface area contributed by atoms with E-state index in [0.717, 1.165) is 61.8 Å². The van der Waals surface area contributed by atoms with E-state index in [1.54, 1.807) is 7.11 Å². The van der Waals surface area contributed by atoms with Crippen molar-refractivity contribution in [2.45, 2.75) is 63.4 Å². The van der Waals surface area contributed by atoms with Crippen LogP contribution in [0.2, 0.25) is 0 Å². The Morgan fingerprint density at radius 2 is 2.04 bits per heavy atom. The van der Waals surface area contributed by atoms with Crippen LogP contribution in [0.25, 0.3) is 0 Å². The number of hydrogen-bond donors (Lipinski definition) is 2. The molecule has 0 spiro atoms. The predicted molar refractivity (Wildman–Crippen MR) is 94.2 cm³/mol. The van der Waals surface area contributed by atoms with Crippen molar-refractivity contribution in [3.63, 3.8) is 0 Å². The van der Waals surface area contributed by atoms with Gasteiger partial charge in [-0.3, -0.25) is 4.79 Å². The van der Waals surface area contributed by atoms with E-state index in [9.17, 15) is 9.90 Å². The van der Waals surface area contributed by atoms with E-state index in [4.69, 9.17) is 4.74 Å². The van der Waals surface area contributed by atoms with Crippen molar-refractivity contribution in [2.75, 3.05) is 13.7 Å². The van der Waals surface area contributed by atoms with Crippen molar-refractivity contribution in [2.24, 2.45) is 5.92 Å². The number of hydrogen-bond acceptors (Lipinski definition) is 3. The quantitative estimate of drug-likeness (QED) is 0.872. The molecule has 0 aliphatic heterocycles. The molecule has 132 valence electrons. The van der Waals surface area contributed by atoms with E-state index in [-0.39, 0.29) is 17.9 Å². The van der Waals surface area contributed by atoms with Crippen LogP contribution in [0.5, 0.6) is 5.75 Å². The number of carbonyl (C=O) groups excluding carboxylic acids is 1. The molecule has 0 radical (unpaired) electrons. The minimum Gasteiger partial charge on any atom is -0.496 e. The minimum atomic E-state index is -0.440. The highest BCUT2D eigenvalue weighted by atomic mass is 16.5. The van der Waals surface area contributed by atoms with Gasteiger partial charge in [0.1, 0.15) is 5.75 Å². The first-order valence-electron chi connectivity index (χ1n) is 9.18. The Morgan fingerprint density at radius 3 is 2.67 bits per heavy atom. The summed E-state index contributed by atoms with van der Waals surface area (Å²) in [6.07, 6.45) is 6.60. The summed E-state index contributed by atoms with van der Waals surface area (Å²) in [4.78, 5) is 13.1. The summed E-state index contributed by atoms with van der Waals surface area (Å²) in [5.41, 5.74) is 1.71. The number of methoxy groups -OCH3 is 1. The van der Waals surface area contributed by atoms with Crippen LogP contribution >= 0.6 is 0 Å². The molecule has 0 bridgehead atoms. The number of aryl methyl sites for hydroxylation is 1. The molecule has 24 heavy (non-hydrogen) atoms. The lowest BCUT2D eigenvalue weighted by molar-refractivity contribution is -0.127. The summed E-state index contributed by atoms with van der Waals surface area (Å²) in [5, 5.41) is 13.1. The smallest absolute Gasteiger partial charge is 0.230 e. The van der Waals surface area contributed by atoms with Crippen molar-refractivity contribution in [3.8, 4) is 5.75 Å². The zero-order chi connectivity index (χ0) is 17.2. The van der Waals surface area contributed by atoms with Gasteiger partial charge in [0.05, 0.1) is 18.6 Å². The summed E-state index contributed by atoms with van der Waals surface area (Å²) in [7, 11) is 1.68. The minimum absolute atomic E-state index is 0.116. The first kappa shape index (κ1) is 17.3. The standard InChI is InChI=1S/C20H29NO3/c1-14-8-9-16(12-18(14)24-2)20(10-3-4-11-20)19(23)21-13-15-6-5-7-17(15)22/h8-9,12,15,17,22H,3-7,10-11,13H2,1-2H3,(H,21,23). The van der Waals surface area contributed by atoms with Gasteiger partial charge in [0.2, 0.25) is 5.91 Å². The van der Waals surface area contributed by atoms with Crippen LogP contribution in [-0.4, -0.2) is 30.8 Å². The molecule has 3 rings (SSSR count). The van der Waals surface area contributed by atoms with E-state index in [1.165, 1.54) is 0 Å². The third-order valence-electron chi connectivity index (χ3n) is 6.00. The van der Waals surface area contributed by atoms with E-state index >= 15 is 0 Å². The first-order chi connectivity index (χ1) is 11.6. The number of aliphatic hydroxyl groups is 1. The van der Waals surface area contributed by atoms with E-state index in [1.807, 2.05) is 19.1 Å². The summed E-state index contributed by atoms with van der Waals surface area (Å²) in [6, 6.07) is 6.15. The van der Waals surface area contributed by atoms with Gasteiger partial charge in [-0.25, -0.2) is 0 Å². The van der Waals surface area contributed by atoms with Crippen LogP contribution in [-0.2, 0) is 10.2 Å². The Bertz CT molecular complexity index is 593. The molecule has 1 aromatic rings. The highest BCUT2D eigenvalue weighted by Crippen LogP contribution is 2.43. The molecule has 2 aliphatic carbocycles. The SMILES string of the molecule is COc1cc(C2(C(=O)NCC3CCCC3O)CCCC2)ccc1C. The van der Waals surface area contributed by atoms with Crippen molar-refractivity contribution in [1.82, 2.24) is 5.32 Å². The molecule has 2 unspecified atom stereocenters. The Kier molecular flexibility index (Phi) is 5.14. The third kappa shape index (κ3) is 3.16. The van der Waals surface area contributed by atoms with E-state index in [2.05, 4.69) is 11.4 Å². The van der Waals surface area contributed by atoms with Crippen molar-refractivity contribution < 1.29 is 14.6 Å². The van der Waals surface area contributed by atoms with E-state index in [0.29, 0.717) is 6.54 Å². The summed E-state index contributed by atoms with van der Waals surface area (Å²) in [6.45, 7) is 2.61. The molecular formula is C20H29NO3. The monoisotopic (exact) mass is 331 g/mol. The van der Waals surface area contributed by atoms with Crippen LogP contribution in [0.3, 0.4) is 0 Å². The number of carbonyl (C=O) groups is 1. The van der Waals surface area contributed by atoms with Crippen LogP contribution in [0.15, 0.2) is 18.2 Å². The van der Waals surface area contributed by atoms with Gasteiger partial charge in [-0.15, -0.1) is 0 Å². The van der Waals surface area contributed by atoms with Crippen molar-refractivity contribution in [3.05, 3.63) is 29.3 Å². The number of benzene rings is 1. The van der Waals surface area contributed by atoms with Gasteiger partial charge in [-0.1, -0.05) is 31.4 Å². The van der Waals surface area contributed by atoms with Gasteiger partial charge < -0.3 is 15.2 Å². The van der Waals surface area contributed by atoms with Crippen molar-refractivity contribution in [1.29, 1.82) is 0 Å². The summed E-state index contributed by atoms with van der Waals surface area (Å²) >= 11 is 0. The fourth-order valence-corrected chi connectivity index (χ4v) is 4.39. The lowest BCUT2D eigenvalue weighted by atomic mass is 9.77. The van der Waals surface area contributed by atoms with Gasteiger partial charge in [0, 0.05) is 12.5 Å². The fraction of sp³-hybridized carbons (Fsp3) is 0.650. The topological polar surface area (TPSA) is 58.6 Å². The second-order valence-electron chi connectivity index (χ2n) is 7.44. The van der Waals surface area contributed by atoms with Gasteiger partial charge in [-0.2, -0.15) is 0 Å². The molecule has 0 saturated heterocycles. The Balaban J connectivity index is 1.78. The lowest BCUT2D eigenvalue weighted by Gasteiger charge is -2.30. The molecule has 2 saturated carbocycles. The second kappa shape index (κ2) is 7.14. The second-order valence-corrected chi connectivity index (χ2v) is 7.44. The zero-order valence-corrected chi connectivity index (χ0v) is 14.8. The number of nitrogens with one attached hydrogen (secondary N) is 1. The molecule has 2 atom stereocenters. The predicted octanol–water partition coefficient (Wildman–Crippen LogP) is 3.09. The maximum atomic E-state index is 13.1. The number of rotatable bonds is 5. The number of aliphatic hydroxyl groups excluding tert-OH is 1. The van der Waals surface area contributed by atoms with Crippen LogP contribution < -0.4 is 10.1 Å². The first-order valence-corrected chi connectivity index (χ1v) is 9.18.